The van der Waals surface area contributed by atoms with Gasteiger partial charge in [0.05, 0.1) is 11.6 Å². The fraction of sp³-hybridized carbons (Fsp3) is 0.250. The normalized spacial score (nSPS) is 13.8. The van der Waals surface area contributed by atoms with Crippen LogP contribution in [0.25, 0.3) is 0 Å². The molecule has 0 aromatic heterocycles. The van der Waals surface area contributed by atoms with E-state index in [0.717, 1.165) is 5.56 Å². The molecule has 4 rings (SSSR count). The Morgan fingerprint density at radius 1 is 0.886 bits per heavy atom. The summed E-state index contributed by atoms with van der Waals surface area (Å²) in [6.45, 7) is 1.44. The minimum absolute atomic E-state index is 0.0486. The van der Waals surface area contributed by atoms with Crippen molar-refractivity contribution >= 4 is 11.8 Å². The fourth-order valence-corrected chi connectivity index (χ4v) is 4.34. The molecule has 0 N–H and O–H groups in total. The van der Waals surface area contributed by atoms with E-state index in [1.807, 2.05) is 12.1 Å². The molecule has 1 aliphatic rings. The molecule has 0 radical (unpaired) electrons. The summed E-state index contributed by atoms with van der Waals surface area (Å²) < 4.78 is 27.0. The van der Waals surface area contributed by atoms with Crippen LogP contribution in [0.2, 0.25) is 0 Å². The number of hydrogen-bond donors (Lipinski definition) is 0. The van der Waals surface area contributed by atoms with Crippen LogP contribution >= 0.6 is 0 Å². The van der Waals surface area contributed by atoms with Crippen LogP contribution < -0.4 is 0 Å². The largest absolute Gasteiger partial charge is 0.339 e. The predicted molar refractivity (Wildman–Crippen MR) is 127 cm³/mol. The molecule has 2 amide bonds. The van der Waals surface area contributed by atoms with Gasteiger partial charge in [-0.05, 0) is 72.5 Å². The zero-order valence-corrected chi connectivity index (χ0v) is 19.2. The zero-order chi connectivity index (χ0) is 24.8. The van der Waals surface area contributed by atoms with E-state index in [0.29, 0.717) is 49.2 Å². The lowest BCUT2D eigenvalue weighted by atomic mass is 9.94. The van der Waals surface area contributed by atoms with E-state index >= 15 is 0 Å². The lowest BCUT2D eigenvalue weighted by Crippen LogP contribution is -2.44. The van der Waals surface area contributed by atoms with E-state index in [-0.39, 0.29) is 30.1 Å². The summed E-state index contributed by atoms with van der Waals surface area (Å²) in [4.78, 5) is 29.7. The molecule has 0 atom stereocenters. The molecule has 178 valence electrons. The van der Waals surface area contributed by atoms with Crippen molar-refractivity contribution in [1.82, 2.24) is 9.80 Å². The van der Waals surface area contributed by atoms with Gasteiger partial charge in [0.1, 0.15) is 11.6 Å². The quantitative estimate of drug-likeness (QED) is 0.511. The molecule has 0 spiro atoms. The van der Waals surface area contributed by atoms with Crippen LogP contribution in [0, 0.1) is 28.9 Å². The molecule has 1 heterocycles. The molecule has 7 heteroatoms. The number of amides is 2. The topological polar surface area (TPSA) is 64.4 Å². The van der Waals surface area contributed by atoms with Crippen LogP contribution in [0.15, 0.2) is 72.8 Å². The van der Waals surface area contributed by atoms with Gasteiger partial charge in [-0.1, -0.05) is 24.3 Å². The van der Waals surface area contributed by atoms with Crippen LogP contribution in [0.4, 0.5) is 8.78 Å². The van der Waals surface area contributed by atoms with E-state index in [1.165, 1.54) is 36.4 Å². The Morgan fingerprint density at radius 3 is 2.17 bits per heavy atom. The van der Waals surface area contributed by atoms with Crippen LogP contribution in [0.1, 0.15) is 39.9 Å². The lowest BCUT2D eigenvalue weighted by Gasteiger charge is -2.34. The summed E-state index contributed by atoms with van der Waals surface area (Å²) in [5.74, 6) is -1.25. The highest BCUT2D eigenvalue weighted by Crippen LogP contribution is 2.24. The van der Waals surface area contributed by atoms with Crippen molar-refractivity contribution in [3.63, 3.8) is 0 Å². The minimum Gasteiger partial charge on any atom is -0.339 e. The van der Waals surface area contributed by atoms with Gasteiger partial charge in [0.15, 0.2) is 0 Å². The number of nitrogens with zero attached hydrogens (tertiary/aromatic N) is 3. The second-order valence-corrected chi connectivity index (χ2v) is 8.71. The summed E-state index contributed by atoms with van der Waals surface area (Å²) in [7, 11) is 0. The molecule has 1 saturated heterocycles. The Balaban J connectivity index is 1.45. The van der Waals surface area contributed by atoms with Gasteiger partial charge in [-0.15, -0.1) is 0 Å². The summed E-state index contributed by atoms with van der Waals surface area (Å²) in [6.07, 6.45) is 1.03. The van der Waals surface area contributed by atoms with Gasteiger partial charge in [0.2, 0.25) is 5.91 Å². The third kappa shape index (κ3) is 6.10. The van der Waals surface area contributed by atoms with E-state index < -0.39 is 5.82 Å². The fourth-order valence-electron chi connectivity index (χ4n) is 4.34. The van der Waals surface area contributed by atoms with Crippen LogP contribution in [0.5, 0.6) is 0 Å². The zero-order valence-electron chi connectivity index (χ0n) is 19.2. The highest BCUT2D eigenvalue weighted by molar-refractivity contribution is 5.94. The highest BCUT2D eigenvalue weighted by atomic mass is 19.1. The molecule has 0 bridgehead atoms. The molecule has 0 saturated carbocycles. The molecule has 1 aliphatic heterocycles. The van der Waals surface area contributed by atoms with Gasteiger partial charge in [-0.25, -0.2) is 8.78 Å². The molecule has 35 heavy (non-hydrogen) atoms. The molecule has 0 aliphatic carbocycles. The number of benzene rings is 3. The average Bonchev–Trinajstić information content (AvgIpc) is 2.88. The van der Waals surface area contributed by atoms with Crippen LogP contribution in [0.3, 0.4) is 0 Å². The smallest absolute Gasteiger partial charge is 0.253 e. The van der Waals surface area contributed by atoms with Gasteiger partial charge in [-0.2, -0.15) is 5.26 Å². The van der Waals surface area contributed by atoms with Crippen molar-refractivity contribution < 1.29 is 18.4 Å². The lowest BCUT2D eigenvalue weighted by molar-refractivity contribution is -0.138. The van der Waals surface area contributed by atoms with Gasteiger partial charge < -0.3 is 9.80 Å². The molecule has 3 aromatic carbocycles. The first-order valence-electron chi connectivity index (χ1n) is 11.5. The summed E-state index contributed by atoms with van der Waals surface area (Å²) in [6, 6.07) is 20.8. The molecule has 5 nitrogen and oxygen atoms in total. The van der Waals surface area contributed by atoms with Crippen molar-refractivity contribution in [2.24, 2.45) is 5.92 Å². The van der Waals surface area contributed by atoms with E-state index in [1.54, 1.807) is 34.1 Å². The van der Waals surface area contributed by atoms with E-state index in [9.17, 15) is 18.4 Å². The summed E-state index contributed by atoms with van der Waals surface area (Å²) in [5, 5.41) is 9.04. The number of rotatable bonds is 6. The number of piperidine rings is 1. The highest BCUT2D eigenvalue weighted by Gasteiger charge is 2.31. The molecular formula is C28H25F2N3O2. The van der Waals surface area contributed by atoms with Gasteiger partial charge in [-0.3, -0.25) is 9.59 Å². The summed E-state index contributed by atoms with van der Waals surface area (Å²) in [5.41, 5.74) is 2.52. The Labute approximate surface area is 203 Å². The third-order valence-electron chi connectivity index (χ3n) is 6.25. The number of halogens is 2. The Kier molecular flexibility index (Phi) is 7.51. The van der Waals surface area contributed by atoms with Crippen molar-refractivity contribution in [3.8, 4) is 6.07 Å². The maximum Gasteiger partial charge on any atom is 0.253 e. The second kappa shape index (κ2) is 10.9. The minimum atomic E-state index is -0.397. The first-order chi connectivity index (χ1) is 16.9. The first-order valence-corrected chi connectivity index (χ1v) is 11.5. The number of likely N-dealkylation sites (tertiary alicyclic amines) is 1. The van der Waals surface area contributed by atoms with Gasteiger partial charge in [0, 0.05) is 37.7 Å². The van der Waals surface area contributed by atoms with Crippen molar-refractivity contribution in [1.29, 1.82) is 5.26 Å². The molecule has 1 fully saturated rings. The maximum atomic E-state index is 13.8. The number of hydrogen-bond acceptors (Lipinski definition) is 3. The number of carbonyl (C=O) groups is 2. The molecular weight excluding hydrogens is 448 g/mol. The SMILES string of the molecule is N#Cc1ccc(CN(Cc2cccc(F)c2)C(=O)C2CCN(C(=O)c3ccc(F)cc3)CC2)cc1. The monoisotopic (exact) mass is 473 g/mol. The van der Waals surface area contributed by atoms with Crippen molar-refractivity contribution in [3.05, 3.63) is 107 Å². The number of nitriles is 1. The van der Waals surface area contributed by atoms with Crippen molar-refractivity contribution in [2.75, 3.05) is 13.1 Å². The molecule has 3 aromatic rings. The maximum absolute atomic E-state index is 13.8. The van der Waals surface area contributed by atoms with Gasteiger partial charge >= 0.3 is 0 Å². The number of carbonyl (C=O) groups excluding carboxylic acids is 2. The van der Waals surface area contributed by atoms with E-state index in [4.69, 9.17) is 5.26 Å². The van der Waals surface area contributed by atoms with Gasteiger partial charge in [0.25, 0.3) is 5.91 Å². The first kappa shape index (κ1) is 24.1. The Bertz CT molecular complexity index is 1230. The second-order valence-electron chi connectivity index (χ2n) is 8.71. The standard InChI is InChI=1S/C28H25F2N3O2/c29-25-10-8-23(9-11-25)27(34)32-14-12-24(13-15-32)28(35)33(19-22-2-1-3-26(30)16-22)18-21-6-4-20(17-31)5-7-21/h1-11,16,24H,12-15,18-19H2. The van der Waals surface area contributed by atoms with Crippen LogP contribution in [-0.2, 0) is 17.9 Å². The van der Waals surface area contributed by atoms with Crippen LogP contribution in [-0.4, -0.2) is 34.7 Å². The summed E-state index contributed by atoms with van der Waals surface area (Å²) >= 11 is 0. The van der Waals surface area contributed by atoms with E-state index in [2.05, 4.69) is 6.07 Å². The van der Waals surface area contributed by atoms with Crippen molar-refractivity contribution in [2.45, 2.75) is 25.9 Å². The Hall–Kier alpha value is -4.05. The average molecular weight is 474 g/mol. The third-order valence-corrected chi connectivity index (χ3v) is 6.25. The predicted octanol–water partition coefficient (Wildman–Crippen LogP) is 4.92. The molecule has 0 unspecified atom stereocenters. The Morgan fingerprint density at radius 2 is 1.54 bits per heavy atom.